The third-order valence-electron chi connectivity index (χ3n) is 3.54. The summed E-state index contributed by atoms with van der Waals surface area (Å²) < 4.78 is 11.9. The maximum Gasteiger partial charge on any atom is 0.239 e. The number of carbonyl (C=O) groups is 1. The first-order valence-electron chi connectivity index (χ1n) is 7.15. The number of nitrogens with one attached hydrogen (secondary N) is 3. The SMILES string of the molecule is CCS(=O)C1CCCC(NC(=NC)NCC(=O)NC)C1. The first kappa shape index (κ1) is 16.9. The second-order valence-corrected chi connectivity index (χ2v) is 6.90. The largest absolute Gasteiger partial charge is 0.358 e. The summed E-state index contributed by atoms with van der Waals surface area (Å²) in [6.07, 6.45) is 4.09. The summed E-state index contributed by atoms with van der Waals surface area (Å²) in [6, 6.07) is 0.278. The number of rotatable bonds is 5. The summed E-state index contributed by atoms with van der Waals surface area (Å²) in [6.45, 7) is 2.17. The van der Waals surface area contributed by atoms with E-state index in [1.54, 1.807) is 14.1 Å². The van der Waals surface area contributed by atoms with Crippen molar-refractivity contribution in [2.75, 3.05) is 26.4 Å². The van der Waals surface area contributed by atoms with Gasteiger partial charge in [0.2, 0.25) is 5.91 Å². The van der Waals surface area contributed by atoms with Gasteiger partial charge in [-0.15, -0.1) is 0 Å². The van der Waals surface area contributed by atoms with E-state index in [0.717, 1.165) is 31.4 Å². The molecule has 0 heterocycles. The van der Waals surface area contributed by atoms with Gasteiger partial charge in [-0.05, 0) is 19.3 Å². The van der Waals surface area contributed by atoms with Crippen molar-refractivity contribution >= 4 is 22.7 Å². The maximum atomic E-state index is 11.9. The highest BCUT2D eigenvalue weighted by Crippen LogP contribution is 2.22. The molecule has 116 valence electrons. The van der Waals surface area contributed by atoms with Crippen LogP contribution in [0.5, 0.6) is 0 Å². The Bertz CT molecular complexity index is 373. The monoisotopic (exact) mass is 302 g/mol. The van der Waals surface area contributed by atoms with Crippen LogP contribution in [0, 0.1) is 0 Å². The highest BCUT2D eigenvalue weighted by molar-refractivity contribution is 7.85. The highest BCUT2D eigenvalue weighted by atomic mass is 32.2. The number of nitrogens with zero attached hydrogens (tertiary/aromatic N) is 1. The summed E-state index contributed by atoms with van der Waals surface area (Å²) in [5.74, 6) is 1.27. The average Bonchev–Trinajstić information content (AvgIpc) is 2.50. The lowest BCUT2D eigenvalue weighted by atomic mass is 9.95. The van der Waals surface area contributed by atoms with E-state index < -0.39 is 10.8 Å². The zero-order valence-electron chi connectivity index (χ0n) is 12.6. The normalized spacial score (nSPS) is 24.9. The fourth-order valence-corrected chi connectivity index (χ4v) is 3.74. The van der Waals surface area contributed by atoms with Gasteiger partial charge in [0.15, 0.2) is 5.96 Å². The van der Waals surface area contributed by atoms with Crippen LogP contribution in [0.3, 0.4) is 0 Å². The molecule has 0 radical (unpaired) electrons. The Hall–Kier alpha value is -1.11. The molecule has 0 aliphatic heterocycles. The summed E-state index contributed by atoms with van der Waals surface area (Å²) >= 11 is 0. The first-order chi connectivity index (χ1) is 9.60. The Kier molecular flexibility index (Phi) is 7.58. The van der Waals surface area contributed by atoms with E-state index in [4.69, 9.17) is 0 Å². The van der Waals surface area contributed by atoms with E-state index in [2.05, 4.69) is 20.9 Å². The van der Waals surface area contributed by atoms with Crippen LogP contribution in [0.1, 0.15) is 32.6 Å². The molecule has 1 aliphatic carbocycles. The number of likely N-dealkylation sites (N-methyl/N-ethyl adjacent to an activating group) is 1. The fourth-order valence-electron chi connectivity index (χ4n) is 2.39. The molecule has 0 aromatic rings. The van der Waals surface area contributed by atoms with Crippen LogP contribution in [0.15, 0.2) is 4.99 Å². The molecule has 1 rings (SSSR count). The molecular weight excluding hydrogens is 276 g/mol. The minimum absolute atomic E-state index is 0.0819. The summed E-state index contributed by atoms with van der Waals surface area (Å²) in [7, 11) is 2.56. The lowest BCUT2D eigenvalue weighted by molar-refractivity contribution is -0.119. The van der Waals surface area contributed by atoms with Crippen LogP contribution < -0.4 is 16.0 Å². The molecule has 0 spiro atoms. The molecule has 0 bridgehead atoms. The molecule has 7 heteroatoms. The third kappa shape index (κ3) is 5.48. The predicted octanol–water partition coefficient (Wildman–Crippen LogP) is -0.0228. The van der Waals surface area contributed by atoms with Crippen molar-refractivity contribution < 1.29 is 9.00 Å². The van der Waals surface area contributed by atoms with E-state index in [-0.39, 0.29) is 23.7 Å². The molecular formula is C13H26N4O2S. The fraction of sp³-hybridized carbons (Fsp3) is 0.846. The quantitative estimate of drug-likeness (QED) is 0.492. The second-order valence-electron chi connectivity index (χ2n) is 4.90. The van der Waals surface area contributed by atoms with Crippen LogP contribution in [0.2, 0.25) is 0 Å². The number of guanidine groups is 1. The Labute approximate surface area is 123 Å². The first-order valence-corrected chi connectivity index (χ1v) is 8.53. The van der Waals surface area contributed by atoms with Crippen molar-refractivity contribution in [3.63, 3.8) is 0 Å². The molecule has 6 nitrogen and oxygen atoms in total. The highest BCUT2D eigenvalue weighted by Gasteiger charge is 2.26. The van der Waals surface area contributed by atoms with Gasteiger partial charge >= 0.3 is 0 Å². The number of aliphatic imine (C=N–C) groups is 1. The smallest absolute Gasteiger partial charge is 0.239 e. The third-order valence-corrected chi connectivity index (χ3v) is 5.28. The van der Waals surface area contributed by atoms with Gasteiger partial charge < -0.3 is 16.0 Å². The number of carbonyl (C=O) groups excluding carboxylic acids is 1. The number of hydrogen-bond acceptors (Lipinski definition) is 3. The molecule has 0 aromatic heterocycles. The van der Waals surface area contributed by atoms with Crippen molar-refractivity contribution in [2.45, 2.75) is 43.9 Å². The lowest BCUT2D eigenvalue weighted by Crippen LogP contribution is -2.48. The van der Waals surface area contributed by atoms with Gasteiger partial charge in [-0.1, -0.05) is 13.3 Å². The summed E-state index contributed by atoms with van der Waals surface area (Å²) in [5.41, 5.74) is 0. The Morgan fingerprint density at radius 1 is 1.40 bits per heavy atom. The van der Waals surface area contributed by atoms with Gasteiger partial charge in [-0.25, -0.2) is 0 Å². The minimum atomic E-state index is -0.728. The van der Waals surface area contributed by atoms with Crippen LogP contribution in [-0.2, 0) is 15.6 Å². The molecule has 0 saturated heterocycles. The molecule has 3 atom stereocenters. The van der Waals surface area contributed by atoms with E-state index in [9.17, 15) is 9.00 Å². The van der Waals surface area contributed by atoms with Gasteiger partial charge in [0.1, 0.15) is 0 Å². The van der Waals surface area contributed by atoms with Crippen molar-refractivity contribution in [1.82, 2.24) is 16.0 Å². The summed E-state index contributed by atoms with van der Waals surface area (Å²) in [5, 5.41) is 9.13. The van der Waals surface area contributed by atoms with Crippen molar-refractivity contribution in [2.24, 2.45) is 4.99 Å². The van der Waals surface area contributed by atoms with E-state index in [1.165, 1.54) is 0 Å². The predicted molar refractivity (Wildman–Crippen MR) is 83.3 cm³/mol. The standard InChI is InChI=1S/C13H26N4O2S/c1-4-20(19)11-7-5-6-10(8-11)17-13(15-3)16-9-12(18)14-2/h10-11H,4-9H2,1-3H3,(H,14,18)(H2,15,16,17). The zero-order chi connectivity index (χ0) is 15.0. The average molecular weight is 302 g/mol. The Morgan fingerprint density at radius 3 is 2.75 bits per heavy atom. The van der Waals surface area contributed by atoms with E-state index in [0.29, 0.717) is 5.96 Å². The van der Waals surface area contributed by atoms with Gasteiger partial charge in [0, 0.05) is 41.9 Å². The maximum absolute atomic E-state index is 11.9. The molecule has 0 aromatic carbocycles. The van der Waals surface area contributed by atoms with E-state index >= 15 is 0 Å². The van der Waals surface area contributed by atoms with Crippen LogP contribution in [0.4, 0.5) is 0 Å². The molecule has 1 fully saturated rings. The summed E-state index contributed by atoms with van der Waals surface area (Å²) in [4.78, 5) is 15.3. The van der Waals surface area contributed by atoms with Crippen LogP contribution >= 0.6 is 0 Å². The Morgan fingerprint density at radius 2 is 2.15 bits per heavy atom. The van der Waals surface area contributed by atoms with Gasteiger partial charge in [-0.3, -0.25) is 14.0 Å². The molecule has 3 unspecified atom stereocenters. The van der Waals surface area contributed by atoms with E-state index in [1.807, 2.05) is 6.92 Å². The zero-order valence-corrected chi connectivity index (χ0v) is 13.4. The topological polar surface area (TPSA) is 82.6 Å². The number of hydrogen-bond donors (Lipinski definition) is 3. The van der Waals surface area contributed by atoms with Crippen molar-refractivity contribution in [1.29, 1.82) is 0 Å². The van der Waals surface area contributed by atoms with Crippen molar-refractivity contribution in [3.8, 4) is 0 Å². The molecule has 1 aliphatic rings. The van der Waals surface area contributed by atoms with Gasteiger partial charge in [0.25, 0.3) is 0 Å². The minimum Gasteiger partial charge on any atom is -0.358 e. The van der Waals surface area contributed by atoms with Crippen LogP contribution in [0.25, 0.3) is 0 Å². The lowest BCUT2D eigenvalue weighted by Gasteiger charge is -2.30. The molecule has 20 heavy (non-hydrogen) atoms. The molecule has 1 amide bonds. The Balaban J connectivity index is 2.45. The second kappa shape index (κ2) is 8.94. The van der Waals surface area contributed by atoms with Crippen LogP contribution in [-0.4, -0.2) is 53.8 Å². The van der Waals surface area contributed by atoms with Crippen molar-refractivity contribution in [3.05, 3.63) is 0 Å². The molecule has 1 saturated carbocycles. The van der Waals surface area contributed by atoms with Gasteiger partial charge in [-0.2, -0.15) is 0 Å². The molecule has 3 N–H and O–H groups in total. The van der Waals surface area contributed by atoms with Gasteiger partial charge in [0.05, 0.1) is 6.54 Å². The number of amides is 1.